The highest BCUT2D eigenvalue weighted by Crippen LogP contribution is 2.54. The van der Waals surface area contributed by atoms with Crippen LogP contribution in [0.25, 0.3) is 76.9 Å². The van der Waals surface area contributed by atoms with Gasteiger partial charge in [0, 0.05) is 38.7 Å². The Morgan fingerprint density at radius 1 is 0.345 bits per heavy atom. The van der Waals surface area contributed by atoms with Gasteiger partial charge in [-0.1, -0.05) is 125 Å². The summed E-state index contributed by atoms with van der Waals surface area (Å²) in [6.07, 6.45) is 0. The van der Waals surface area contributed by atoms with Crippen molar-refractivity contribution in [2.75, 3.05) is 4.90 Å². The van der Waals surface area contributed by atoms with Gasteiger partial charge >= 0.3 is 0 Å². The topological polar surface area (TPSA) is 16.4 Å². The van der Waals surface area contributed by atoms with Gasteiger partial charge in [-0.25, -0.2) is 0 Å². The molecule has 2 nitrogen and oxygen atoms in total. The van der Waals surface area contributed by atoms with Crippen molar-refractivity contribution in [3.8, 4) is 33.4 Å². The predicted octanol–water partition coefficient (Wildman–Crippen LogP) is 15.6. The van der Waals surface area contributed by atoms with Gasteiger partial charge in [0.05, 0.1) is 0 Å². The van der Waals surface area contributed by atoms with Gasteiger partial charge < -0.3 is 9.32 Å². The molecule has 1 aromatic heterocycles. The number of nitrogens with zero attached hydrogens (tertiary/aromatic N) is 1. The molecule has 58 heavy (non-hydrogen) atoms. The average molecular weight is 744 g/mol. The van der Waals surface area contributed by atoms with E-state index in [1.54, 1.807) is 0 Å². The number of fused-ring (bicyclic) bond motifs is 11. The normalized spacial score (nSPS) is 14.5. The molecule has 2 heteroatoms. The lowest BCUT2D eigenvalue weighted by Gasteiger charge is -2.28. The molecule has 10 aromatic rings. The van der Waals surface area contributed by atoms with Crippen LogP contribution in [0.2, 0.25) is 0 Å². The fourth-order valence-electron chi connectivity index (χ4n) is 10.2. The third kappa shape index (κ3) is 4.72. The van der Waals surface area contributed by atoms with Gasteiger partial charge in [-0.3, -0.25) is 0 Å². The minimum Gasteiger partial charge on any atom is -0.456 e. The van der Waals surface area contributed by atoms with Crippen molar-refractivity contribution in [3.63, 3.8) is 0 Å². The summed E-state index contributed by atoms with van der Waals surface area (Å²) in [5.41, 5.74) is 18.1. The van der Waals surface area contributed by atoms with E-state index in [0.29, 0.717) is 0 Å². The zero-order chi connectivity index (χ0) is 38.9. The van der Waals surface area contributed by atoms with Gasteiger partial charge in [0.15, 0.2) is 0 Å². The lowest BCUT2D eigenvalue weighted by Crippen LogP contribution is -2.16. The van der Waals surface area contributed by atoms with E-state index in [1.165, 1.54) is 82.6 Å². The summed E-state index contributed by atoms with van der Waals surface area (Å²) in [6.45, 7) is 9.47. The van der Waals surface area contributed by atoms with Gasteiger partial charge in [0.2, 0.25) is 0 Å². The summed E-state index contributed by atoms with van der Waals surface area (Å²) in [6, 6.07) is 65.2. The van der Waals surface area contributed by atoms with Crippen molar-refractivity contribution in [3.05, 3.63) is 198 Å². The van der Waals surface area contributed by atoms with Crippen LogP contribution in [0, 0.1) is 0 Å². The molecular weight excluding hydrogens is 703 g/mol. The van der Waals surface area contributed by atoms with E-state index < -0.39 is 0 Å². The summed E-state index contributed by atoms with van der Waals surface area (Å²) in [7, 11) is 0. The Morgan fingerprint density at radius 2 is 0.879 bits per heavy atom. The van der Waals surface area contributed by atoms with Crippen LogP contribution in [0.3, 0.4) is 0 Å². The van der Waals surface area contributed by atoms with Crippen LogP contribution in [-0.2, 0) is 10.8 Å². The molecule has 0 atom stereocenters. The van der Waals surface area contributed by atoms with Crippen molar-refractivity contribution in [2.45, 2.75) is 38.5 Å². The molecule has 0 radical (unpaired) electrons. The standard InChI is InChI=1S/C56H41NO/c1-55(2)49-29-37-15-9-8-14-36(37)27-45(49)46-28-38-20-23-41(26-39(38)30-50(46)55)57(40-21-18-35(19-22-40)34-12-6-5-7-13-34)42-24-25-43-47-32-48-44-16-10-11-17-53(44)58-54(48)33-52(47)56(3,4)51(43)31-42/h5-33H,1-4H3. The van der Waals surface area contributed by atoms with Gasteiger partial charge in [-0.05, 0) is 156 Å². The van der Waals surface area contributed by atoms with E-state index >= 15 is 0 Å². The molecule has 12 rings (SSSR count). The molecule has 0 aliphatic heterocycles. The second-order valence-corrected chi connectivity index (χ2v) is 17.4. The third-order valence-electron chi connectivity index (χ3n) is 13.4. The summed E-state index contributed by atoms with van der Waals surface area (Å²) >= 11 is 0. The average Bonchev–Trinajstić information content (AvgIpc) is 3.80. The SMILES string of the molecule is CC1(C)c2cc3ccccc3cc2-c2cc3ccc(N(c4ccc(-c5ccccc5)cc4)c4ccc5c(c4)C(C)(C)c4cc6oc7ccccc7c6cc4-5)cc3cc21. The molecule has 276 valence electrons. The summed E-state index contributed by atoms with van der Waals surface area (Å²) < 4.78 is 6.39. The van der Waals surface area contributed by atoms with Crippen LogP contribution in [-0.4, -0.2) is 0 Å². The molecule has 2 aliphatic rings. The highest BCUT2D eigenvalue weighted by molar-refractivity contribution is 6.08. The molecule has 0 N–H and O–H groups in total. The van der Waals surface area contributed by atoms with E-state index in [1.807, 2.05) is 6.07 Å². The van der Waals surface area contributed by atoms with Gasteiger partial charge in [0.25, 0.3) is 0 Å². The second-order valence-electron chi connectivity index (χ2n) is 17.4. The Hall–Kier alpha value is -6.90. The fourth-order valence-corrected chi connectivity index (χ4v) is 10.2. The number of furan rings is 1. The first-order chi connectivity index (χ1) is 28.2. The van der Waals surface area contributed by atoms with Gasteiger partial charge in [-0.2, -0.15) is 0 Å². The smallest absolute Gasteiger partial charge is 0.135 e. The largest absolute Gasteiger partial charge is 0.456 e. The quantitative estimate of drug-likeness (QED) is 0.178. The molecule has 0 amide bonds. The molecule has 0 fully saturated rings. The van der Waals surface area contributed by atoms with Gasteiger partial charge in [-0.15, -0.1) is 0 Å². The van der Waals surface area contributed by atoms with Crippen LogP contribution < -0.4 is 4.90 Å². The highest BCUT2D eigenvalue weighted by atomic mass is 16.3. The summed E-state index contributed by atoms with van der Waals surface area (Å²) in [5.74, 6) is 0. The summed E-state index contributed by atoms with van der Waals surface area (Å²) in [5, 5.41) is 7.42. The number of para-hydroxylation sites is 1. The van der Waals surface area contributed by atoms with Gasteiger partial charge in [0.1, 0.15) is 11.2 Å². The number of anilines is 3. The molecule has 0 saturated heterocycles. The minimum atomic E-state index is -0.216. The Morgan fingerprint density at radius 3 is 1.64 bits per heavy atom. The number of rotatable bonds is 4. The van der Waals surface area contributed by atoms with Crippen molar-refractivity contribution < 1.29 is 4.42 Å². The van der Waals surface area contributed by atoms with E-state index in [-0.39, 0.29) is 10.8 Å². The predicted molar refractivity (Wildman–Crippen MR) is 244 cm³/mol. The Labute approximate surface area is 338 Å². The van der Waals surface area contributed by atoms with Crippen LogP contribution in [0.5, 0.6) is 0 Å². The number of hydrogen-bond donors (Lipinski definition) is 0. The molecule has 1 heterocycles. The minimum absolute atomic E-state index is 0.111. The Bertz CT molecular complexity index is 3330. The second kappa shape index (κ2) is 11.8. The Balaban J connectivity index is 1.01. The van der Waals surface area contributed by atoms with Crippen LogP contribution >= 0.6 is 0 Å². The van der Waals surface area contributed by atoms with Crippen molar-refractivity contribution >= 4 is 60.5 Å². The lowest BCUT2D eigenvalue weighted by molar-refractivity contribution is 0.647. The van der Waals surface area contributed by atoms with Crippen LogP contribution in [0.4, 0.5) is 17.1 Å². The number of benzene rings is 9. The maximum atomic E-state index is 6.39. The first-order valence-electron chi connectivity index (χ1n) is 20.4. The molecular formula is C56H41NO. The highest BCUT2D eigenvalue weighted by Gasteiger charge is 2.38. The molecule has 0 bridgehead atoms. The zero-order valence-electron chi connectivity index (χ0n) is 33.1. The van der Waals surface area contributed by atoms with Crippen LogP contribution in [0.1, 0.15) is 49.9 Å². The summed E-state index contributed by atoms with van der Waals surface area (Å²) in [4.78, 5) is 2.44. The van der Waals surface area contributed by atoms with E-state index in [4.69, 9.17) is 4.42 Å². The van der Waals surface area contributed by atoms with E-state index in [0.717, 1.165) is 33.6 Å². The molecule has 9 aromatic carbocycles. The number of hydrogen-bond acceptors (Lipinski definition) is 2. The van der Waals surface area contributed by atoms with Crippen molar-refractivity contribution in [1.29, 1.82) is 0 Å². The maximum Gasteiger partial charge on any atom is 0.135 e. The Kier molecular flexibility index (Phi) is 6.78. The molecule has 0 saturated carbocycles. The molecule has 0 spiro atoms. The van der Waals surface area contributed by atoms with Crippen LogP contribution in [0.15, 0.2) is 180 Å². The van der Waals surface area contributed by atoms with Crippen molar-refractivity contribution in [1.82, 2.24) is 0 Å². The molecule has 2 aliphatic carbocycles. The first-order valence-corrected chi connectivity index (χ1v) is 20.4. The van der Waals surface area contributed by atoms with E-state index in [9.17, 15) is 0 Å². The monoisotopic (exact) mass is 743 g/mol. The molecule has 0 unspecified atom stereocenters. The fraction of sp³-hybridized carbons (Fsp3) is 0.107. The third-order valence-corrected chi connectivity index (χ3v) is 13.4. The van der Waals surface area contributed by atoms with Crippen molar-refractivity contribution in [2.24, 2.45) is 0 Å². The first kappa shape index (κ1) is 33.3. The lowest BCUT2D eigenvalue weighted by atomic mass is 9.81. The zero-order valence-corrected chi connectivity index (χ0v) is 33.1. The van der Waals surface area contributed by atoms with E-state index in [2.05, 4.69) is 202 Å². The maximum absolute atomic E-state index is 6.39.